The molecule has 1 saturated carbocycles. The molecule has 0 atom stereocenters. The lowest BCUT2D eigenvalue weighted by atomic mass is 9.95. The van der Waals surface area contributed by atoms with E-state index in [1.807, 2.05) is 6.07 Å². The van der Waals surface area contributed by atoms with Gasteiger partial charge in [-0.05, 0) is 31.9 Å². The second kappa shape index (κ2) is 6.23. The molecular weight excluding hydrogens is 262 g/mol. The molecule has 1 aliphatic rings. The summed E-state index contributed by atoms with van der Waals surface area (Å²) in [6, 6.07) is 4.08. The smallest absolute Gasteiger partial charge is 0.233 e. The normalized spacial score (nSPS) is 17.1. The number of hydrogen-bond acceptors (Lipinski definition) is 4. The molecule has 6 heteroatoms. The number of sulfonamides is 1. The lowest BCUT2D eigenvalue weighted by Crippen LogP contribution is -2.22. The maximum Gasteiger partial charge on any atom is 0.233 e. The van der Waals surface area contributed by atoms with E-state index in [1.165, 1.54) is 32.1 Å². The Balaban J connectivity index is 1.94. The van der Waals surface area contributed by atoms with Crippen molar-refractivity contribution in [1.82, 2.24) is 4.98 Å². The molecule has 0 unspecified atom stereocenters. The van der Waals surface area contributed by atoms with Crippen LogP contribution in [0.15, 0.2) is 18.3 Å². The van der Waals surface area contributed by atoms with Crippen LogP contribution in [0.2, 0.25) is 0 Å². The van der Waals surface area contributed by atoms with Gasteiger partial charge in [-0.3, -0.25) is 4.72 Å². The molecule has 1 fully saturated rings. The highest BCUT2D eigenvalue weighted by Crippen LogP contribution is 2.21. The molecule has 2 rings (SSSR count). The first-order chi connectivity index (χ1) is 9.09. The van der Waals surface area contributed by atoms with Gasteiger partial charge in [-0.15, -0.1) is 0 Å². The molecule has 1 aromatic rings. The largest absolute Gasteiger partial charge is 0.381 e. The van der Waals surface area contributed by atoms with Crippen LogP contribution in [0.5, 0.6) is 0 Å². The average Bonchev–Trinajstić information content (AvgIpc) is 2.42. The molecule has 2 N–H and O–H groups in total. The monoisotopic (exact) mass is 283 g/mol. The zero-order valence-corrected chi connectivity index (χ0v) is 12.0. The second-order valence-corrected chi connectivity index (χ2v) is 6.93. The van der Waals surface area contributed by atoms with Gasteiger partial charge >= 0.3 is 0 Å². The third kappa shape index (κ3) is 4.38. The predicted octanol–water partition coefficient (Wildman–Crippen LogP) is 2.59. The Morgan fingerprint density at radius 1 is 1.26 bits per heavy atom. The van der Waals surface area contributed by atoms with Gasteiger partial charge < -0.3 is 5.32 Å². The van der Waals surface area contributed by atoms with Crippen LogP contribution in [0.4, 0.5) is 11.5 Å². The van der Waals surface area contributed by atoms with Crippen molar-refractivity contribution >= 4 is 21.5 Å². The number of pyridine rings is 1. The minimum absolute atomic E-state index is 0.0523. The predicted molar refractivity (Wildman–Crippen MR) is 77.8 cm³/mol. The van der Waals surface area contributed by atoms with E-state index in [0.717, 1.165) is 5.69 Å². The highest BCUT2D eigenvalue weighted by Gasteiger charge is 2.13. The molecule has 5 nitrogen and oxygen atoms in total. The molecule has 0 aromatic carbocycles. The quantitative estimate of drug-likeness (QED) is 0.871. The third-order valence-electron chi connectivity index (χ3n) is 3.38. The van der Waals surface area contributed by atoms with Gasteiger partial charge in [0, 0.05) is 6.04 Å². The Morgan fingerprint density at radius 2 is 2.00 bits per heavy atom. The van der Waals surface area contributed by atoms with Crippen molar-refractivity contribution in [2.45, 2.75) is 45.1 Å². The summed E-state index contributed by atoms with van der Waals surface area (Å²) >= 11 is 0. The first-order valence-corrected chi connectivity index (χ1v) is 8.47. The Labute approximate surface area is 114 Å². The molecule has 19 heavy (non-hydrogen) atoms. The first-order valence-electron chi connectivity index (χ1n) is 6.82. The summed E-state index contributed by atoms with van der Waals surface area (Å²) in [5.74, 6) is 0.424. The molecule has 0 spiro atoms. The minimum Gasteiger partial charge on any atom is -0.381 e. The van der Waals surface area contributed by atoms with Crippen molar-refractivity contribution in [2.24, 2.45) is 0 Å². The fourth-order valence-electron chi connectivity index (χ4n) is 2.25. The van der Waals surface area contributed by atoms with Gasteiger partial charge in [-0.1, -0.05) is 19.3 Å². The molecule has 0 aliphatic heterocycles. The highest BCUT2D eigenvalue weighted by molar-refractivity contribution is 7.92. The maximum atomic E-state index is 11.4. The average molecular weight is 283 g/mol. The molecule has 1 aliphatic carbocycles. The SMILES string of the molecule is CCS(=O)(=O)Nc1ccc(NC2CCCCC2)cn1. The van der Waals surface area contributed by atoms with E-state index >= 15 is 0 Å². The van der Waals surface area contributed by atoms with E-state index in [4.69, 9.17) is 0 Å². The van der Waals surface area contributed by atoms with Crippen LogP contribution in [-0.2, 0) is 10.0 Å². The van der Waals surface area contributed by atoms with Crippen molar-refractivity contribution in [2.75, 3.05) is 15.8 Å². The Morgan fingerprint density at radius 3 is 2.58 bits per heavy atom. The van der Waals surface area contributed by atoms with Crippen LogP contribution >= 0.6 is 0 Å². The van der Waals surface area contributed by atoms with Crippen LogP contribution in [0, 0.1) is 0 Å². The topological polar surface area (TPSA) is 71.1 Å². The lowest BCUT2D eigenvalue weighted by molar-refractivity contribution is 0.462. The summed E-state index contributed by atoms with van der Waals surface area (Å²) in [4.78, 5) is 4.12. The first kappa shape index (κ1) is 14.1. The third-order valence-corrected chi connectivity index (χ3v) is 4.66. The summed E-state index contributed by atoms with van der Waals surface area (Å²) < 4.78 is 25.2. The second-order valence-electron chi connectivity index (χ2n) is 4.92. The number of rotatable bonds is 5. The number of nitrogens with zero attached hydrogens (tertiary/aromatic N) is 1. The molecule has 1 aromatic heterocycles. The molecule has 0 saturated heterocycles. The van der Waals surface area contributed by atoms with E-state index in [-0.39, 0.29) is 5.75 Å². The van der Waals surface area contributed by atoms with E-state index in [1.54, 1.807) is 19.2 Å². The molecule has 0 amide bonds. The number of aromatic nitrogens is 1. The fourth-order valence-corrected chi connectivity index (χ4v) is 2.84. The van der Waals surface area contributed by atoms with Crippen molar-refractivity contribution < 1.29 is 8.42 Å². The molecule has 1 heterocycles. The van der Waals surface area contributed by atoms with Gasteiger partial charge in [0.1, 0.15) is 5.82 Å². The maximum absolute atomic E-state index is 11.4. The van der Waals surface area contributed by atoms with Gasteiger partial charge in [-0.2, -0.15) is 0 Å². The Kier molecular flexibility index (Phi) is 4.63. The van der Waals surface area contributed by atoms with Crippen molar-refractivity contribution in [3.8, 4) is 0 Å². The minimum atomic E-state index is -3.25. The van der Waals surface area contributed by atoms with Gasteiger partial charge in [0.2, 0.25) is 10.0 Å². The van der Waals surface area contributed by atoms with Gasteiger partial charge in [-0.25, -0.2) is 13.4 Å². The molecule has 0 bridgehead atoms. The summed E-state index contributed by atoms with van der Waals surface area (Å²) in [6.07, 6.45) is 7.96. The van der Waals surface area contributed by atoms with Gasteiger partial charge in [0.15, 0.2) is 0 Å². The van der Waals surface area contributed by atoms with Crippen molar-refractivity contribution in [3.63, 3.8) is 0 Å². The van der Waals surface area contributed by atoms with E-state index in [0.29, 0.717) is 11.9 Å². The van der Waals surface area contributed by atoms with Crippen molar-refractivity contribution in [1.29, 1.82) is 0 Å². The highest BCUT2D eigenvalue weighted by atomic mass is 32.2. The summed E-state index contributed by atoms with van der Waals surface area (Å²) in [7, 11) is -3.25. The van der Waals surface area contributed by atoms with E-state index < -0.39 is 10.0 Å². The fraction of sp³-hybridized carbons (Fsp3) is 0.615. The van der Waals surface area contributed by atoms with Crippen LogP contribution in [-0.4, -0.2) is 25.2 Å². The molecule has 106 valence electrons. The number of nitrogens with one attached hydrogen (secondary N) is 2. The number of hydrogen-bond donors (Lipinski definition) is 2. The standard InChI is InChI=1S/C13H21N3O2S/c1-2-19(17,18)16-13-9-8-12(10-14-13)15-11-6-4-3-5-7-11/h8-11,15H,2-7H2,1H3,(H,14,16). The van der Waals surface area contributed by atoms with Crippen LogP contribution in [0.3, 0.4) is 0 Å². The van der Waals surface area contributed by atoms with E-state index in [2.05, 4.69) is 15.0 Å². The van der Waals surface area contributed by atoms with E-state index in [9.17, 15) is 8.42 Å². The zero-order valence-electron chi connectivity index (χ0n) is 11.2. The lowest BCUT2D eigenvalue weighted by Gasteiger charge is -2.23. The van der Waals surface area contributed by atoms with Crippen molar-refractivity contribution in [3.05, 3.63) is 18.3 Å². The molecule has 0 radical (unpaired) electrons. The van der Waals surface area contributed by atoms with Crippen LogP contribution < -0.4 is 10.0 Å². The zero-order chi connectivity index (χ0) is 13.7. The van der Waals surface area contributed by atoms with Crippen LogP contribution in [0.1, 0.15) is 39.0 Å². The Bertz CT molecular complexity index is 493. The number of anilines is 2. The summed E-state index contributed by atoms with van der Waals surface area (Å²) in [5, 5.41) is 3.45. The Hall–Kier alpha value is -1.30. The van der Waals surface area contributed by atoms with Gasteiger partial charge in [0.25, 0.3) is 0 Å². The van der Waals surface area contributed by atoms with Crippen LogP contribution in [0.25, 0.3) is 0 Å². The summed E-state index contributed by atoms with van der Waals surface area (Å²) in [6.45, 7) is 1.60. The summed E-state index contributed by atoms with van der Waals surface area (Å²) in [5.41, 5.74) is 0.950. The molecular formula is C13H21N3O2S. The van der Waals surface area contributed by atoms with Gasteiger partial charge in [0.05, 0.1) is 17.6 Å².